The number of fused-ring (bicyclic) bond motifs is 1. The molecule has 4 rings (SSSR count). The Labute approximate surface area is 126 Å². The molecule has 2 atom stereocenters. The molecule has 2 heterocycles. The van der Waals surface area contributed by atoms with E-state index in [1.165, 1.54) is 0 Å². The van der Waals surface area contributed by atoms with Gasteiger partial charge in [-0.2, -0.15) is 0 Å². The zero-order valence-electron chi connectivity index (χ0n) is 11.8. The first kappa shape index (κ1) is 13.4. The minimum atomic E-state index is -1.60. The second-order valence-corrected chi connectivity index (χ2v) is 6.21. The van der Waals surface area contributed by atoms with E-state index in [2.05, 4.69) is 15.5 Å². The number of cyclic esters (lactones) is 4. The van der Waals surface area contributed by atoms with Crippen LogP contribution in [0.15, 0.2) is 23.3 Å². The highest BCUT2D eigenvalue weighted by atomic mass is 16.6. The lowest BCUT2D eigenvalue weighted by atomic mass is 9.56. The van der Waals surface area contributed by atoms with Gasteiger partial charge in [0.25, 0.3) is 0 Å². The van der Waals surface area contributed by atoms with Gasteiger partial charge in [-0.15, -0.1) is 0 Å². The summed E-state index contributed by atoms with van der Waals surface area (Å²) in [5.74, 6) is -3.19. The molecule has 2 aliphatic carbocycles. The molecular formula is C16H14O6. The number of allylic oxidation sites excluding steroid dienone is 2. The number of carbonyl (C=O) groups is 4. The maximum absolute atomic E-state index is 12.3. The number of ether oxygens (including phenoxy) is 2. The normalized spacial score (nSPS) is 32.7. The molecule has 0 N–H and O–H groups in total. The first-order valence-corrected chi connectivity index (χ1v) is 7.48. The van der Waals surface area contributed by atoms with Crippen LogP contribution in [0.2, 0.25) is 0 Å². The van der Waals surface area contributed by atoms with Crippen LogP contribution in [0.4, 0.5) is 0 Å². The molecule has 0 aromatic rings. The Kier molecular flexibility index (Phi) is 2.67. The van der Waals surface area contributed by atoms with Gasteiger partial charge in [-0.3, -0.25) is 0 Å². The first-order valence-electron chi connectivity index (χ1n) is 7.48. The van der Waals surface area contributed by atoms with Crippen molar-refractivity contribution in [3.05, 3.63) is 23.3 Å². The van der Waals surface area contributed by atoms with E-state index in [9.17, 15) is 19.2 Å². The lowest BCUT2D eigenvalue weighted by Crippen LogP contribution is -2.62. The summed E-state index contributed by atoms with van der Waals surface area (Å²) in [6.07, 6.45) is 7.50. The highest BCUT2D eigenvalue weighted by molar-refractivity contribution is 6.26. The minimum absolute atomic E-state index is 0.0513. The van der Waals surface area contributed by atoms with Crippen molar-refractivity contribution in [3.63, 3.8) is 0 Å². The van der Waals surface area contributed by atoms with E-state index in [0.717, 1.165) is 19.3 Å². The summed E-state index contributed by atoms with van der Waals surface area (Å²) in [6, 6.07) is 0. The third-order valence-electron chi connectivity index (χ3n) is 5.30. The van der Waals surface area contributed by atoms with Crippen molar-refractivity contribution in [2.24, 2.45) is 17.3 Å². The molecule has 0 aromatic carbocycles. The topological polar surface area (TPSA) is 86.7 Å². The highest BCUT2D eigenvalue weighted by Gasteiger charge is 2.72. The van der Waals surface area contributed by atoms with Crippen LogP contribution in [-0.2, 0) is 28.7 Å². The maximum atomic E-state index is 12.3. The van der Waals surface area contributed by atoms with Crippen LogP contribution in [0.5, 0.6) is 0 Å². The Bertz CT molecular complexity index is 669. The zero-order chi connectivity index (χ0) is 15.5. The Morgan fingerprint density at radius 3 is 2.36 bits per heavy atom. The Balaban J connectivity index is 1.85. The Morgan fingerprint density at radius 2 is 1.73 bits per heavy atom. The molecule has 1 saturated heterocycles. The van der Waals surface area contributed by atoms with Crippen LogP contribution < -0.4 is 0 Å². The summed E-state index contributed by atoms with van der Waals surface area (Å²) in [5, 5.41) is 0. The van der Waals surface area contributed by atoms with E-state index in [-0.39, 0.29) is 23.0 Å². The van der Waals surface area contributed by atoms with Crippen LogP contribution in [0, 0.1) is 17.3 Å². The van der Waals surface area contributed by atoms with Crippen LogP contribution >= 0.6 is 0 Å². The van der Waals surface area contributed by atoms with Crippen molar-refractivity contribution in [3.8, 4) is 0 Å². The van der Waals surface area contributed by atoms with Crippen molar-refractivity contribution in [1.29, 1.82) is 0 Å². The van der Waals surface area contributed by atoms with Gasteiger partial charge >= 0.3 is 23.9 Å². The molecule has 2 unspecified atom stereocenters. The Hall–Kier alpha value is -2.24. The van der Waals surface area contributed by atoms with E-state index in [4.69, 9.17) is 0 Å². The fourth-order valence-electron chi connectivity index (χ4n) is 4.31. The van der Waals surface area contributed by atoms with Crippen molar-refractivity contribution < 1.29 is 28.7 Å². The molecule has 4 aliphatic rings. The summed E-state index contributed by atoms with van der Waals surface area (Å²) in [7, 11) is 0. The van der Waals surface area contributed by atoms with E-state index >= 15 is 0 Å². The van der Waals surface area contributed by atoms with E-state index < -0.39 is 29.3 Å². The molecule has 1 fully saturated rings. The van der Waals surface area contributed by atoms with E-state index in [0.29, 0.717) is 12.8 Å². The maximum Gasteiger partial charge on any atom is 0.344 e. The summed E-state index contributed by atoms with van der Waals surface area (Å²) in [5.41, 5.74) is -1.48. The molecule has 6 heteroatoms. The summed E-state index contributed by atoms with van der Waals surface area (Å²) >= 11 is 0. The predicted octanol–water partition coefficient (Wildman–Crippen LogP) is 1.20. The molecule has 22 heavy (non-hydrogen) atoms. The number of hydrogen-bond donors (Lipinski definition) is 0. The fourth-order valence-corrected chi connectivity index (χ4v) is 4.31. The number of esters is 4. The molecule has 0 radical (unpaired) electrons. The minimum Gasteiger partial charge on any atom is -0.391 e. The monoisotopic (exact) mass is 302 g/mol. The van der Waals surface area contributed by atoms with Gasteiger partial charge in [0.15, 0.2) is 0 Å². The number of carbonyl (C=O) groups excluding carboxylic acids is 4. The van der Waals surface area contributed by atoms with Gasteiger partial charge in [0.05, 0.1) is 5.57 Å². The van der Waals surface area contributed by atoms with Crippen LogP contribution in [0.1, 0.15) is 32.1 Å². The second kappa shape index (κ2) is 4.38. The summed E-state index contributed by atoms with van der Waals surface area (Å²) in [4.78, 5) is 48.3. The molecule has 0 amide bonds. The fraction of sp³-hybridized carbons (Fsp3) is 0.500. The second-order valence-electron chi connectivity index (χ2n) is 6.21. The van der Waals surface area contributed by atoms with E-state index in [1.54, 1.807) is 0 Å². The van der Waals surface area contributed by atoms with Crippen molar-refractivity contribution >= 4 is 23.9 Å². The molecule has 1 spiro atoms. The third-order valence-corrected chi connectivity index (χ3v) is 5.30. The number of hydrogen-bond acceptors (Lipinski definition) is 6. The average Bonchev–Trinajstić information content (AvgIpc) is 2.82. The standard InChI is InChI=1S/C16H14O6/c17-12-9-6-7-10(8-4-2-1-3-5-8)16(11(9)13(18)21-12)14(19)22-15(16)20/h1-2,8,10H,3-7H2. The first-order chi connectivity index (χ1) is 10.6. The van der Waals surface area contributed by atoms with Crippen molar-refractivity contribution in [1.82, 2.24) is 0 Å². The van der Waals surface area contributed by atoms with Crippen molar-refractivity contribution in [2.75, 3.05) is 0 Å². The lowest BCUT2D eigenvalue weighted by Gasteiger charge is -2.47. The van der Waals surface area contributed by atoms with Crippen molar-refractivity contribution in [2.45, 2.75) is 32.1 Å². The molecule has 0 saturated carbocycles. The Morgan fingerprint density at radius 1 is 0.955 bits per heavy atom. The van der Waals surface area contributed by atoms with Gasteiger partial charge in [0, 0.05) is 5.57 Å². The van der Waals surface area contributed by atoms with Gasteiger partial charge < -0.3 is 9.47 Å². The number of rotatable bonds is 1. The molecular weight excluding hydrogens is 288 g/mol. The van der Waals surface area contributed by atoms with Gasteiger partial charge in [0.2, 0.25) is 5.41 Å². The largest absolute Gasteiger partial charge is 0.391 e. The molecule has 6 nitrogen and oxygen atoms in total. The lowest BCUT2D eigenvalue weighted by molar-refractivity contribution is -0.201. The van der Waals surface area contributed by atoms with Gasteiger partial charge in [-0.25, -0.2) is 19.2 Å². The van der Waals surface area contributed by atoms with Crippen LogP contribution in [0.3, 0.4) is 0 Å². The van der Waals surface area contributed by atoms with Gasteiger partial charge in [-0.1, -0.05) is 12.2 Å². The SMILES string of the molecule is O=C1OC(=O)C2=C1CCC(C1CC=CCC1)C21C(=O)OC1=O. The summed E-state index contributed by atoms with van der Waals surface area (Å²) in [6.45, 7) is 0. The van der Waals surface area contributed by atoms with Crippen LogP contribution in [0.25, 0.3) is 0 Å². The van der Waals surface area contributed by atoms with E-state index in [1.807, 2.05) is 6.08 Å². The molecule has 2 aliphatic heterocycles. The van der Waals surface area contributed by atoms with Gasteiger partial charge in [-0.05, 0) is 43.9 Å². The summed E-state index contributed by atoms with van der Waals surface area (Å²) < 4.78 is 9.24. The smallest absolute Gasteiger partial charge is 0.344 e. The van der Waals surface area contributed by atoms with Gasteiger partial charge in [0.1, 0.15) is 0 Å². The van der Waals surface area contributed by atoms with Crippen LogP contribution in [-0.4, -0.2) is 23.9 Å². The average molecular weight is 302 g/mol. The quantitative estimate of drug-likeness (QED) is 0.411. The zero-order valence-corrected chi connectivity index (χ0v) is 11.8. The third kappa shape index (κ3) is 1.44. The molecule has 114 valence electrons. The predicted molar refractivity (Wildman–Crippen MR) is 70.9 cm³/mol. The highest BCUT2D eigenvalue weighted by Crippen LogP contribution is 2.57. The molecule has 0 aromatic heterocycles. The molecule has 0 bridgehead atoms.